The molecule has 0 aliphatic heterocycles. The third-order valence-electron chi connectivity index (χ3n) is 0.253. The van der Waals surface area contributed by atoms with E-state index >= 15 is 0 Å². The van der Waals surface area contributed by atoms with Gasteiger partial charge in [-0.1, -0.05) is 0 Å². The van der Waals surface area contributed by atoms with Crippen LogP contribution in [0.5, 0.6) is 0 Å². The van der Waals surface area contributed by atoms with E-state index in [1.165, 1.54) is 0 Å². The SMILES string of the molecule is C=C[CH2][Co]([NH2])[NH2]. The molecule has 0 aromatic rings. The second-order valence-electron chi connectivity index (χ2n) is 0.808. The van der Waals surface area contributed by atoms with E-state index in [2.05, 4.69) is 6.58 Å². The van der Waals surface area contributed by atoms with Gasteiger partial charge in [0.1, 0.15) is 0 Å². The Bertz CT molecular complexity index is 44.1. The molecule has 0 radical (unpaired) electrons. The maximum atomic E-state index is 5.17. The standard InChI is InChI=1S/C3H5.Co.2H2N/c1-3-2;;;/h3H,1-2H2;;2*1H2/q;+2;2*-1. The molecule has 6 heavy (non-hydrogen) atoms. The molecule has 0 rings (SSSR count). The average Bonchev–Trinajstić information content (AvgIpc) is 1.35. The summed E-state index contributed by atoms with van der Waals surface area (Å²) in [6.07, 6.45) is 1.73. The van der Waals surface area contributed by atoms with E-state index in [1.54, 1.807) is 6.08 Å². The fourth-order valence-corrected chi connectivity index (χ4v) is 0.458. The predicted octanol–water partition coefficient (Wildman–Crippen LogP) is -0.0437. The van der Waals surface area contributed by atoms with Gasteiger partial charge in [-0.2, -0.15) is 0 Å². The van der Waals surface area contributed by atoms with Gasteiger partial charge >= 0.3 is 41.7 Å². The van der Waals surface area contributed by atoms with Crippen molar-refractivity contribution < 1.29 is 14.1 Å². The van der Waals surface area contributed by atoms with Crippen LogP contribution in [-0.2, 0) is 14.1 Å². The van der Waals surface area contributed by atoms with Crippen molar-refractivity contribution in [3.63, 3.8) is 0 Å². The van der Waals surface area contributed by atoms with Crippen molar-refractivity contribution in [2.75, 3.05) is 0 Å². The molecular weight excluding hydrogens is 123 g/mol. The first-order valence-corrected chi connectivity index (χ1v) is 3.38. The Balaban J connectivity index is 2.81. The van der Waals surface area contributed by atoms with Crippen molar-refractivity contribution in [1.82, 2.24) is 0 Å². The molecule has 0 aromatic carbocycles. The second-order valence-corrected chi connectivity index (χ2v) is 2.43. The molecule has 0 bridgehead atoms. The summed E-state index contributed by atoms with van der Waals surface area (Å²) in [4.78, 5) is 10.3. The Morgan fingerprint density at radius 3 is 2.17 bits per heavy atom. The summed E-state index contributed by atoms with van der Waals surface area (Å²) in [5.41, 5.74) is 0. The van der Waals surface area contributed by atoms with Gasteiger partial charge in [-0.25, -0.2) is 0 Å². The van der Waals surface area contributed by atoms with Crippen molar-refractivity contribution in [2.45, 2.75) is 5.36 Å². The Morgan fingerprint density at radius 2 is 2.17 bits per heavy atom. The molecule has 0 atom stereocenters. The molecule has 0 heterocycles. The summed E-state index contributed by atoms with van der Waals surface area (Å²) in [7, 11) is 0. The van der Waals surface area contributed by atoms with Gasteiger partial charge in [0.15, 0.2) is 0 Å². The number of nitrogens with two attached hydrogens (primary N) is 2. The van der Waals surface area contributed by atoms with Gasteiger partial charge in [-0.3, -0.25) is 0 Å². The molecule has 4 N–H and O–H groups in total. The Hall–Kier alpha value is 0.166. The predicted molar refractivity (Wildman–Crippen MR) is 23.4 cm³/mol. The zero-order valence-electron chi connectivity index (χ0n) is 3.48. The minimum absolute atomic E-state index is 0.701. The zero-order chi connectivity index (χ0) is 4.99. The number of hydrogen-bond donors (Lipinski definition) is 2. The van der Waals surface area contributed by atoms with Gasteiger partial charge in [0, 0.05) is 0 Å². The number of allylic oxidation sites excluding steroid dienone is 1. The van der Waals surface area contributed by atoms with Crippen LogP contribution >= 0.6 is 0 Å². The summed E-state index contributed by atoms with van der Waals surface area (Å²) >= 11 is -0.701. The quantitative estimate of drug-likeness (QED) is 0.518. The van der Waals surface area contributed by atoms with Crippen molar-refractivity contribution in [3.05, 3.63) is 12.7 Å². The normalized spacial score (nSPS) is 10.7. The van der Waals surface area contributed by atoms with E-state index in [4.69, 9.17) is 9.56 Å². The van der Waals surface area contributed by atoms with Crippen LogP contribution in [0.15, 0.2) is 12.7 Å². The Labute approximate surface area is 42.4 Å². The molecule has 0 fully saturated rings. The molecule has 0 saturated heterocycles. The van der Waals surface area contributed by atoms with Gasteiger partial charge in [-0.05, 0) is 0 Å². The van der Waals surface area contributed by atoms with E-state index in [0.29, 0.717) is 0 Å². The van der Waals surface area contributed by atoms with E-state index in [-0.39, 0.29) is 0 Å². The van der Waals surface area contributed by atoms with Gasteiger partial charge in [0.25, 0.3) is 0 Å². The topological polar surface area (TPSA) is 52.0 Å². The summed E-state index contributed by atoms with van der Waals surface area (Å²) in [6.45, 7) is 3.46. The molecule has 0 aliphatic rings. The van der Waals surface area contributed by atoms with E-state index in [0.717, 1.165) is 5.36 Å². The molecule has 40 valence electrons. The second kappa shape index (κ2) is 3.36. The first-order chi connectivity index (χ1) is 2.77. The van der Waals surface area contributed by atoms with Crippen molar-refractivity contribution in [2.24, 2.45) is 9.56 Å². The Morgan fingerprint density at radius 1 is 1.67 bits per heavy atom. The molecular formula is C3H9CoN2. The van der Waals surface area contributed by atoms with Crippen LogP contribution in [-0.4, -0.2) is 0 Å². The van der Waals surface area contributed by atoms with Gasteiger partial charge < -0.3 is 0 Å². The van der Waals surface area contributed by atoms with Crippen LogP contribution in [0.25, 0.3) is 0 Å². The first kappa shape index (κ1) is 6.17. The van der Waals surface area contributed by atoms with Crippen molar-refractivity contribution in [1.29, 1.82) is 0 Å². The van der Waals surface area contributed by atoms with E-state index < -0.39 is 14.1 Å². The molecule has 0 aromatic heterocycles. The summed E-state index contributed by atoms with van der Waals surface area (Å²) in [5, 5.41) is 0.757. The maximum absolute atomic E-state index is 5.17. The third kappa shape index (κ3) is 4.17. The van der Waals surface area contributed by atoms with E-state index in [1.807, 2.05) is 0 Å². The van der Waals surface area contributed by atoms with Crippen LogP contribution < -0.4 is 9.56 Å². The Kier molecular flexibility index (Phi) is 3.45. The fourth-order valence-electron chi connectivity index (χ4n) is 0.111. The van der Waals surface area contributed by atoms with Crippen LogP contribution in [0, 0.1) is 0 Å². The van der Waals surface area contributed by atoms with Gasteiger partial charge in [0.2, 0.25) is 0 Å². The van der Waals surface area contributed by atoms with Gasteiger partial charge in [-0.15, -0.1) is 0 Å². The van der Waals surface area contributed by atoms with Gasteiger partial charge in [0.05, 0.1) is 0 Å². The number of rotatable bonds is 2. The molecule has 3 heteroatoms. The minimum atomic E-state index is -0.701. The summed E-state index contributed by atoms with van der Waals surface area (Å²) in [5.74, 6) is 0. The molecule has 0 aliphatic carbocycles. The molecule has 0 saturated carbocycles. The zero-order valence-corrected chi connectivity index (χ0v) is 4.52. The molecule has 2 nitrogen and oxygen atoms in total. The number of hydrogen-bond acceptors (Lipinski definition) is 2. The molecule has 0 spiro atoms. The average molecular weight is 132 g/mol. The summed E-state index contributed by atoms with van der Waals surface area (Å²) < 4.78 is 0. The third-order valence-corrected chi connectivity index (χ3v) is 1.04. The van der Waals surface area contributed by atoms with E-state index in [9.17, 15) is 0 Å². The fraction of sp³-hybridized carbons (Fsp3) is 0.333. The monoisotopic (exact) mass is 132 g/mol. The van der Waals surface area contributed by atoms with Crippen molar-refractivity contribution >= 4 is 0 Å². The van der Waals surface area contributed by atoms with Crippen LogP contribution in [0.3, 0.4) is 0 Å². The summed E-state index contributed by atoms with van der Waals surface area (Å²) in [6, 6.07) is 0. The molecule has 0 unspecified atom stereocenters. The first-order valence-electron chi connectivity index (χ1n) is 1.44. The molecule has 0 amide bonds. The van der Waals surface area contributed by atoms with Crippen LogP contribution in [0.4, 0.5) is 0 Å². The van der Waals surface area contributed by atoms with Crippen LogP contribution in [0.1, 0.15) is 0 Å². The van der Waals surface area contributed by atoms with Crippen molar-refractivity contribution in [3.8, 4) is 0 Å². The van der Waals surface area contributed by atoms with Crippen LogP contribution in [0.2, 0.25) is 5.36 Å².